The third kappa shape index (κ3) is 3.18. The second-order valence-corrected chi connectivity index (χ2v) is 5.73. The Labute approximate surface area is 143 Å². The Balaban J connectivity index is 1.62. The predicted octanol–water partition coefficient (Wildman–Crippen LogP) is 3.06. The number of pyridine rings is 1. The van der Waals surface area contributed by atoms with E-state index >= 15 is 0 Å². The molecule has 25 heavy (non-hydrogen) atoms. The number of carbonyl (C=O) groups is 1. The van der Waals surface area contributed by atoms with Crippen LogP contribution in [0, 0.1) is 5.82 Å². The van der Waals surface area contributed by atoms with Crippen molar-refractivity contribution in [2.75, 3.05) is 36.5 Å². The highest BCUT2D eigenvalue weighted by molar-refractivity contribution is 6.03. The van der Waals surface area contributed by atoms with Crippen LogP contribution in [0.5, 0.6) is 0 Å². The van der Waals surface area contributed by atoms with E-state index in [9.17, 15) is 9.18 Å². The molecule has 4 rings (SSSR count). The van der Waals surface area contributed by atoms with Crippen molar-refractivity contribution >= 4 is 28.3 Å². The fourth-order valence-corrected chi connectivity index (χ4v) is 2.82. The molecule has 3 heterocycles. The van der Waals surface area contributed by atoms with Gasteiger partial charge in [-0.15, -0.1) is 0 Å². The summed E-state index contributed by atoms with van der Waals surface area (Å²) in [6.45, 7) is 2.74. The number of rotatable bonds is 3. The molecule has 1 aliphatic rings. The van der Waals surface area contributed by atoms with E-state index in [-0.39, 0.29) is 11.3 Å². The Morgan fingerprint density at radius 1 is 1.20 bits per heavy atom. The van der Waals surface area contributed by atoms with Crippen molar-refractivity contribution < 1.29 is 18.3 Å². The fourth-order valence-electron chi connectivity index (χ4n) is 2.82. The zero-order valence-electron chi connectivity index (χ0n) is 13.4. The first kappa shape index (κ1) is 15.6. The maximum atomic E-state index is 14.5. The molecule has 3 aromatic rings. The number of halogens is 1. The lowest BCUT2D eigenvalue weighted by Gasteiger charge is -2.27. The van der Waals surface area contributed by atoms with Gasteiger partial charge in [-0.25, -0.2) is 9.37 Å². The minimum atomic E-state index is -0.484. The van der Waals surface area contributed by atoms with Gasteiger partial charge in [0.25, 0.3) is 5.91 Å². The summed E-state index contributed by atoms with van der Waals surface area (Å²) in [5, 5.41) is 3.25. The first-order valence-electron chi connectivity index (χ1n) is 7.98. The van der Waals surface area contributed by atoms with Gasteiger partial charge in [0.05, 0.1) is 19.5 Å². The summed E-state index contributed by atoms with van der Waals surface area (Å²) in [6, 6.07) is 9.77. The molecule has 1 aliphatic heterocycles. The molecule has 1 fully saturated rings. The number of nitrogens with zero attached hydrogens (tertiary/aromatic N) is 2. The number of hydrogen-bond acceptors (Lipinski definition) is 5. The SMILES string of the molecule is O=C(Nc1cc(F)c2nc(N3CCOCC3)ccc2c1)c1ccco1. The molecule has 1 saturated heterocycles. The molecular formula is C18H16FN3O3. The third-order valence-electron chi connectivity index (χ3n) is 4.07. The second-order valence-electron chi connectivity index (χ2n) is 5.73. The number of anilines is 2. The molecule has 1 N–H and O–H groups in total. The highest BCUT2D eigenvalue weighted by Gasteiger charge is 2.15. The number of hydrogen-bond donors (Lipinski definition) is 1. The largest absolute Gasteiger partial charge is 0.459 e. The van der Waals surface area contributed by atoms with Crippen molar-refractivity contribution in [1.29, 1.82) is 0 Å². The molecule has 0 unspecified atom stereocenters. The summed E-state index contributed by atoms with van der Waals surface area (Å²) >= 11 is 0. The summed E-state index contributed by atoms with van der Waals surface area (Å²) in [5.41, 5.74) is 0.632. The van der Waals surface area contributed by atoms with Crippen LogP contribution in [-0.2, 0) is 4.74 Å². The minimum Gasteiger partial charge on any atom is -0.459 e. The summed E-state index contributed by atoms with van der Waals surface area (Å²) in [7, 11) is 0. The Kier molecular flexibility index (Phi) is 4.07. The molecule has 0 saturated carbocycles. The third-order valence-corrected chi connectivity index (χ3v) is 4.07. The van der Waals surface area contributed by atoms with Crippen LogP contribution >= 0.6 is 0 Å². The van der Waals surface area contributed by atoms with E-state index in [1.54, 1.807) is 24.3 Å². The molecule has 0 spiro atoms. The van der Waals surface area contributed by atoms with Crippen LogP contribution in [0.15, 0.2) is 47.1 Å². The summed E-state index contributed by atoms with van der Waals surface area (Å²) in [6.07, 6.45) is 1.41. The van der Waals surface area contributed by atoms with E-state index in [1.165, 1.54) is 12.3 Å². The Morgan fingerprint density at radius 3 is 2.80 bits per heavy atom. The van der Waals surface area contributed by atoms with E-state index in [1.807, 2.05) is 6.07 Å². The lowest BCUT2D eigenvalue weighted by atomic mass is 10.1. The van der Waals surface area contributed by atoms with Crippen LogP contribution in [-0.4, -0.2) is 37.2 Å². The first-order chi connectivity index (χ1) is 12.2. The average Bonchev–Trinajstić information content (AvgIpc) is 3.17. The van der Waals surface area contributed by atoms with Crippen molar-refractivity contribution in [1.82, 2.24) is 4.98 Å². The number of fused-ring (bicyclic) bond motifs is 1. The lowest BCUT2D eigenvalue weighted by molar-refractivity contribution is 0.0996. The van der Waals surface area contributed by atoms with Crippen LogP contribution in [0.2, 0.25) is 0 Å². The number of benzene rings is 1. The quantitative estimate of drug-likeness (QED) is 0.793. The van der Waals surface area contributed by atoms with Gasteiger partial charge in [0.2, 0.25) is 0 Å². The highest BCUT2D eigenvalue weighted by Crippen LogP contribution is 2.25. The number of carbonyl (C=O) groups excluding carboxylic acids is 1. The number of ether oxygens (including phenoxy) is 1. The monoisotopic (exact) mass is 341 g/mol. The molecule has 0 radical (unpaired) electrons. The van der Waals surface area contributed by atoms with Crippen molar-refractivity contribution in [3.8, 4) is 0 Å². The highest BCUT2D eigenvalue weighted by atomic mass is 19.1. The molecule has 7 heteroatoms. The summed E-state index contributed by atoms with van der Waals surface area (Å²) in [5.74, 6) is -0.0210. The van der Waals surface area contributed by atoms with Crippen LogP contribution in [0.25, 0.3) is 10.9 Å². The zero-order valence-corrected chi connectivity index (χ0v) is 13.4. The van der Waals surface area contributed by atoms with Gasteiger partial charge in [-0.1, -0.05) is 0 Å². The number of aromatic nitrogens is 1. The van der Waals surface area contributed by atoms with Gasteiger partial charge in [0.15, 0.2) is 11.6 Å². The number of amides is 1. The van der Waals surface area contributed by atoms with Crippen molar-refractivity contribution in [3.63, 3.8) is 0 Å². The maximum Gasteiger partial charge on any atom is 0.291 e. The molecule has 6 nitrogen and oxygen atoms in total. The summed E-state index contributed by atoms with van der Waals surface area (Å²) < 4.78 is 24.9. The van der Waals surface area contributed by atoms with Gasteiger partial charge in [-0.2, -0.15) is 0 Å². The van der Waals surface area contributed by atoms with Crippen molar-refractivity contribution in [2.45, 2.75) is 0 Å². The Hall–Kier alpha value is -2.93. The molecule has 1 amide bonds. The fraction of sp³-hybridized carbons (Fsp3) is 0.222. The molecule has 128 valence electrons. The van der Waals surface area contributed by atoms with Crippen molar-refractivity contribution in [3.05, 3.63) is 54.2 Å². The van der Waals surface area contributed by atoms with Crippen molar-refractivity contribution in [2.24, 2.45) is 0 Å². The normalized spacial score (nSPS) is 14.7. The van der Waals surface area contributed by atoms with E-state index in [0.717, 1.165) is 18.9 Å². The Morgan fingerprint density at radius 2 is 2.04 bits per heavy atom. The minimum absolute atomic E-state index is 0.168. The number of furan rings is 1. The van der Waals surface area contributed by atoms with Crippen LogP contribution in [0.4, 0.5) is 15.9 Å². The second kappa shape index (κ2) is 6.52. The Bertz CT molecular complexity index is 905. The van der Waals surface area contributed by atoms with Gasteiger partial charge in [-0.3, -0.25) is 4.79 Å². The molecular weight excluding hydrogens is 325 g/mol. The molecule has 0 aliphatic carbocycles. The first-order valence-corrected chi connectivity index (χ1v) is 7.98. The van der Waals surface area contributed by atoms with Crippen LogP contribution in [0.3, 0.4) is 0 Å². The van der Waals surface area contributed by atoms with Gasteiger partial charge < -0.3 is 19.4 Å². The zero-order chi connectivity index (χ0) is 17.2. The van der Waals surface area contributed by atoms with E-state index in [2.05, 4.69) is 15.2 Å². The van der Waals surface area contributed by atoms with Crippen LogP contribution < -0.4 is 10.2 Å². The predicted molar refractivity (Wildman–Crippen MR) is 91.4 cm³/mol. The van der Waals surface area contributed by atoms with Gasteiger partial charge in [0.1, 0.15) is 11.3 Å². The summed E-state index contributed by atoms with van der Waals surface area (Å²) in [4.78, 5) is 18.5. The lowest BCUT2D eigenvalue weighted by Crippen LogP contribution is -2.36. The van der Waals surface area contributed by atoms with E-state index in [0.29, 0.717) is 24.3 Å². The van der Waals surface area contributed by atoms with Gasteiger partial charge in [-0.05, 0) is 36.4 Å². The number of morpholine rings is 1. The molecule has 0 atom stereocenters. The van der Waals surface area contributed by atoms with Gasteiger partial charge >= 0.3 is 0 Å². The smallest absolute Gasteiger partial charge is 0.291 e. The molecule has 1 aromatic carbocycles. The maximum absolute atomic E-state index is 14.5. The number of nitrogens with one attached hydrogen (secondary N) is 1. The van der Waals surface area contributed by atoms with Crippen LogP contribution in [0.1, 0.15) is 10.6 Å². The standard InChI is InChI=1S/C18H16FN3O3/c19-14-11-13(20-18(23)15-2-1-7-25-15)10-12-3-4-16(21-17(12)14)22-5-8-24-9-6-22/h1-4,7,10-11H,5-6,8-9H2,(H,20,23). The molecule has 2 aromatic heterocycles. The van der Waals surface area contributed by atoms with E-state index < -0.39 is 11.7 Å². The van der Waals surface area contributed by atoms with E-state index in [4.69, 9.17) is 9.15 Å². The average molecular weight is 341 g/mol. The molecule has 0 bridgehead atoms. The topological polar surface area (TPSA) is 67.6 Å². The van der Waals surface area contributed by atoms with Gasteiger partial charge in [0, 0.05) is 24.2 Å².